The molecule has 32 heavy (non-hydrogen) atoms. The van der Waals surface area contributed by atoms with Crippen molar-refractivity contribution in [2.45, 2.75) is 56.3 Å². The van der Waals surface area contributed by atoms with Crippen molar-refractivity contribution in [1.82, 2.24) is 14.9 Å². The third-order valence-electron chi connectivity index (χ3n) is 7.84. The first kappa shape index (κ1) is 21.9. The second-order valence-electron chi connectivity index (χ2n) is 9.75. The molecule has 5 rings (SSSR count). The normalized spacial score (nSPS) is 34.4. The van der Waals surface area contributed by atoms with Gasteiger partial charge in [0, 0.05) is 31.9 Å². The van der Waals surface area contributed by atoms with E-state index in [0.717, 1.165) is 44.7 Å². The number of ether oxygens (including phenoxy) is 2. The zero-order valence-electron chi connectivity index (χ0n) is 18.2. The summed E-state index contributed by atoms with van der Waals surface area (Å²) in [6.07, 6.45) is 2.37. The lowest BCUT2D eigenvalue weighted by molar-refractivity contribution is -0.141. The van der Waals surface area contributed by atoms with Crippen LogP contribution in [0.15, 0.2) is 6.20 Å². The topological polar surface area (TPSA) is 76.6 Å². The number of fused-ring (bicyclic) bond motifs is 2. The predicted octanol–water partition coefficient (Wildman–Crippen LogP) is 3.36. The van der Waals surface area contributed by atoms with Crippen LogP contribution in [0.5, 0.6) is 0 Å². The van der Waals surface area contributed by atoms with E-state index in [1.807, 2.05) is 0 Å². The van der Waals surface area contributed by atoms with Crippen LogP contribution in [-0.2, 0) is 15.7 Å². The van der Waals surface area contributed by atoms with E-state index in [4.69, 9.17) is 9.47 Å². The number of carbonyl (C=O) groups is 1. The number of aromatic nitrogens is 2. The van der Waals surface area contributed by atoms with Crippen LogP contribution in [-0.4, -0.2) is 65.8 Å². The van der Waals surface area contributed by atoms with E-state index in [1.165, 1.54) is 4.90 Å². The van der Waals surface area contributed by atoms with Gasteiger partial charge in [0.15, 0.2) is 5.69 Å². The summed E-state index contributed by atoms with van der Waals surface area (Å²) in [5.41, 5.74) is -1.97. The van der Waals surface area contributed by atoms with Crippen molar-refractivity contribution in [2.75, 3.05) is 38.7 Å². The highest BCUT2D eigenvalue weighted by Crippen LogP contribution is 2.55. The van der Waals surface area contributed by atoms with Crippen molar-refractivity contribution in [3.8, 4) is 0 Å². The number of hydrogen-bond donors (Lipinski definition) is 1. The fraction of sp³-hybridized carbons (Fsp3) is 0.773. The van der Waals surface area contributed by atoms with Crippen LogP contribution < -0.4 is 5.32 Å². The second-order valence-corrected chi connectivity index (χ2v) is 9.75. The molecule has 3 saturated carbocycles. The molecular weight excluding hydrogens is 425 g/mol. The van der Waals surface area contributed by atoms with Crippen LogP contribution in [0.4, 0.5) is 19.1 Å². The number of amides is 1. The number of carbonyl (C=O) groups excluding carboxylic acids is 1. The molecule has 176 valence electrons. The largest absolute Gasteiger partial charge is 0.434 e. The van der Waals surface area contributed by atoms with Gasteiger partial charge in [0.25, 0.3) is 5.91 Å². The highest BCUT2D eigenvalue weighted by atomic mass is 19.4. The number of methoxy groups -OCH3 is 1. The molecule has 1 saturated heterocycles. The van der Waals surface area contributed by atoms with Gasteiger partial charge in [-0.2, -0.15) is 13.2 Å². The lowest BCUT2D eigenvalue weighted by Crippen LogP contribution is -2.56. The van der Waals surface area contributed by atoms with Crippen LogP contribution >= 0.6 is 0 Å². The Morgan fingerprint density at radius 3 is 2.78 bits per heavy atom. The minimum absolute atomic E-state index is 0.0439. The fourth-order valence-corrected chi connectivity index (χ4v) is 6.54. The average Bonchev–Trinajstić information content (AvgIpc) is 2.77. The van der Waals surface area contributed by atoms with Crippen molar-refractivity contribution >= 4 is 11.9 Å². The lowest BCUT2D eigenvalue weighted by Gasteiger charge is -2.57. The molecule has 0 aromatic carbocycles. The molecule has 0 radical (unpaired) electrons. The summed E-state index contributed by atoms with van der Waals surface area (Å²) in [5.74, 6) is 0.776. The zero-order valence-corrected chi connectivity index (χ0v) is 18.2. The number of anilines is 1. The van der Waals surface area contributed by atoms with Crippen LogP contribution in [0.3, 0.4) is 0 Å². The van der Waals surface area contributed by atoms with E-state index in [1.54, 1.807) is 7.11 Å². The molecule has 1 aromatic rings. The Labute approximate surface area is 185 Å². The van der Waals surface area contributed by atoms with Crippen molar-refractivity contribution in [1.29, 1.82) is 0 Å². The molecule has 7 nitrogen and oxygen atoms in total. The van der Waals surface area contributed by atoms with Gasteiger partial charge >= 0.3 is 6.18 Å². The minimum atomic E-state index is -4.75. The summed E-state index contributed by atoms with van der Waals surface area (Å²) in [5, 5.41) is 3.29. The van der Waals surface area contributed by atoms with Gasteiger partial charge < -0.3 is 19.7 Å². The van der Waals surface area contributed by atoms with Gasteiger partial charge in [0.05, 0.1) is 24.9 Å². The van der Waals surface area contributed by atoms with E-state index in [0.29, 0.717) is 31.0 Å². The van der Waals surface area contributed by atoms with Gasteiger partial charge in [0.2, 0.25) is 5.95 Å². The predicted molar refractivity (Wildman–Crippen MR) is 109 cm³/mol. The van der Waals surface area contributed by atoms with Crippen LogP contribution in [0.1, 0.15) is 54.6 Å². The average molecular weight is 454 g/mol. The Bertz CT molecular complexity index is 872. The Morgan fingerprint density at radius 1 is 1.28 bits per heavy atom. The third kappa shape index (κ3) is 3.96. The first-order valence-corrected chi connectivity index (χ1v) is 11.4. The molecule has 2 heterocycles. The quantitative estimate of drug-likeness (QED) is 0.752. The highest BCUT2D eigenvalue weighted by Gasteiger charge is 2.53. The zero-order chi connectivity index (χ0) is 22.5. The maximum absolute atomic E-state index is 13.9. The number of halogens is 3. The summed E-state index contributed by atoms with van der Waals surface area (Å²) in [7, 11) is 1.78. The SMILES string of the molecule is COC1CC2CC3CC(Nc4ncc(C(=O)N5CCOCC5)c(C(F)(F)F)n4)(CCC31)C2. The maximum atomic E-state index is 13.9. The molecule has 5 atom stereocenters. The molecule has 10 heteroatoms. The first-order chi connectivity index (χ1) is 15.3. The van der Waals surface area contributed by atoms with Crippen LogP contribution in [0, 0.1) is 17.8 Å². The molecular formula is C22H29F3N4O3. The number of nitrogens with zero attached hydrogens (tertiary/aromatic N) is 3. The van der Waals surface area contributed by atoms with Gasteiger partial charge in [-0.3, -0.25) is 4.79 Å². The molecule has 1 N–H and O–H groups in total. The van der Waals surface area contributed by atoms with Gasteiger partial charge in [-0.25, -0.2) is 9.97 Å². The van der Waals surface area contributed by atoms with Gasteiger partial charge in [-0.15, -0.1) is 0 Å². The van der Waals surface area contributed by atoms with Gasteiger partial charge in [-0.05, 0) is 56.3 Å². The number of hydrogen-bond acceptors (Lipinski definition) is 6. The molecule has 3 aliphatic carbocycles. The molecule has 0 spiro atoms. The Morgan fingerprint density at radius 2 is 2.06 bits per heavy atom. The van der Waals surface area contributed by atoms with Crippen molar-refractivity contribution in [2.24, 2.45) is 17.8 Å². The molecule has 4 fully saturated rings. The van der Waals surface area contributed by atoms with E-state index < -0.39 is 23.3 Å². The molecule has 4 aliphatic rings. The Hall–Kier alpha value is -1.94. The molecule has 5 unspecified atom stereocenters. The summed E-state index contributed by atoms with van der Waals surface area (Å²) < 4.78 is 52.5. The van der Waals surface area contributed by atoms with Gasteiger partial charge in [-0.1, -0.05) is 0 Å². The number of rotatable bonds is 4. The fourth-order valence-electron chi connectivity index (χ4n) is 6.54. The minimum Gasteiger partial charge on any atom is -0.381 e. The van der Waals surface area contributed by atoms with E-state index in [9.17, 15) is 18.0 Å². The molecule has 3 bridgehead atoms. The first-order valence-electron chi connectivity index (χ1n) is 11.4. The molecule has 1 aromatic heterocycles. The number of alkyl halides is 3. The smallest absolute Gasteiger partial charge is 0.381 e. The standard InChI is InChI=1S/C22H29F3N4O3/c1-31-17-9-13-8-14-11-21(10-13,3-2-15(14)17)28-20-26-12-16(18(27-20)22(23,24)25)19(30)29-4-6-32-7-5-29/h12-15,17H,2-11H2,1H3,(H,26,27,28). The number of nitrogens with one attached hydrogen (secondary N) is 1. The Balaban J connectivity index is 1.40. The van der Waals surface area contributed by atoms with Crippen molar-refractivity contribution in [3.63, 3.8) is 0 Å². The molecule has 1 amide bonds. The number of morpholine rings is 1. The third-order valence-corrected chi connectivity index (χ3v) is 7.84. The van der Waals surface area contributed by atoms with Crippen molar-refractivity contribution in [3.05, 3.63) is 17.5 Å². The van der Waals surface area contributed by atoms with E-state index >= 15 is 0 Å². The summed E-state index contributed by atoms with van der Waals surface area (Å²) in [6, 6.07) is 0. The molecule has 1 aliphatic heterocycles. The monoisotopic (exact) mass is 454 g/mol. The van der Waals surface area contributed by atoms with E-state index in [2.05, 4.69) is 15.3 Å². The van der Waals surface area contributed by atoms with Crippen molar-refractivity contribution < 1.29 is 27.4 Å². The second kappa shape index (κ2) is 8.13. The van der Waals surface area contributed by atoms with Gasteiger partial charge in [0.1, 0.15) is 0 Å². The van der Waals surface area contributed by atoms with Crippen LogP contribution in [0.25, 0.3) is 0 Å². The highest BCUT2D eigenvalue weighted by molar-refractivity contribution is 5.95. The Kier molecular flexibility index (Phi) is 5.56. The summed E-state index contributed by atoms with van der Waals surface area (Å²) >= 11 is 0. The summed E-state index contributed by atoms with van der Waals surface area (Å²) in [4.78, 5) is 22.1. The van der Waals surface area contributed by atoms with Crippen LogP contribution in [0.2, 0.25) is 0 Å². The summed E-state index contributed by atoms with van der Waals surface area (Å²) in [6.45, 7) is 1.13. The maximum Gasteiger partial charge on any atom is 0.434 e. The van der Waals surface area contributed by atoms with E-state index in [-0.39, 0.29) is 30.7 Å². The lowest BCUT2D eigenvalue weighted by atomic mass is 9.53.